The highest BCUT2D eigenvalue weighted by molar-refractivity contribution is 6.09. The van der Waals surface area contributed by atoms with E-state index in [0.717, 1.165) is 0 Å². The summed E-state index contributed by atoms with van der Waals surface area (Å²) in [5, 5.41) is 11.9. The van der Waals surface area contributed by atoms with Gasteiger partial charge in [-0.3, -0.25) is 14.9 Å². The molecule has 0 fully saturated rings. The van der Waals surface area contributed by atoms with Crippen molar-refractivity contribution in [3.63, 3.8) is 0 Å². The summed E-state index contributed by atoms with van der Waals surface area (Å²) >= 11 is 0. The molecule has 5 rings (SSSR count). The number of nitro benzene ring substituents is 1. The molecule has 9 nitrogen and oxygen atoms in total. The smallest absolute Gasteiger partial charge is 0.287 e. The molecule has 0 saturated carbocycles. The van der Waals surface area contributed by atoms with E-state index in [1.807, 2.05) is 19.9 Å². The molecule has 32 heavy (non-hydrogen) atoms. The number of methoxy groups -OCH3 is 2. The number of carbonyl (C=O) groups is 1. The maximum absolute atomic E-state index is 13.7. The molecule has 3 heterocycles. The average Bonchev–Trinajstić information content (AvgIpc) is 2.76. The lowest BCUT2D eigenvalue weighted by Crippen LogP contribution is -2.43. The Morgan fingerprint density at radius 3 is 2.53 bits per heavy atom. The third-order valence-electron chi connectivity index (χ3n) is 5.91. The van der Waals surface area contributed by atoms with Gasteiger partial charge < -0.3 is 23.7 Å². The van der Waals surface area contributed by atoms with E-state index in [9.17, 15) is 14.9 Å². The van der Waals surface area contributed by atoms with Gasteiger partial charge in [0, 0.05) is 11.6 Å². The first-order valence-corrected chi connectivity index (χ1v) is 10.1. The third kappa shape index (κ3) is 2.88. The fourth-order valence-corrected chi connectivity index (χ4v) is 4.42. The van der Waals surface area contributed by atoms with Crippen molar-refractivity contribution in [1.29, 1.82) is 0 Å². The van der Waals surface area contributed by atoms with Crippen LogP contribution in [0.1, 0.15) is 41.3 Å². The van der Waals surface area contributed by atoms with E-state index in [1.165, 1.54) is 20.3 Å². The van der Waals surface area contributed by atoms with Gasteiger partial charge in [-0.2, -0.15) is 0 Å². The standard InChI is InChI=1S/C23H21NO8/c1-23(2)6-5-11-15(32-23)8-13(24(26)27)20-21(25)19-12-7-16(28-3)17(29-4)9-14(12)30-10-18(19)31-22(11)20/h5-9,18-19H,10H2,1-4H3. The highest BCUT2D eigenvalue weighted by Gasteiger charge is 2.48. The minimum absolute atomic E-state index is 0.0643. The molecule has 3 aliphatic rings. The fourth-order valence-electron chi connectivity index (χ4n) is 4.42. The van der Waals surface area contributed by atoms with Gasteiger partial charge in [0.1, 0.15) is 41.1 Å². The first-order chi connectivity index (χ1) is 15.2. The van der Waals surface area contributed by atoms with Crippen molar-refractivity contribution >= 4 is 17.5 Å². The fraction of sp³-hybridized carbons (Fsp3) is 0.348. The molecular weight excluding hydrogens is 418 g/mol. The largest absolute Gasteiger partial charge is 0.493 e. The summed E-state index contributed by atoms with van der Waals surface area (Å²) in [4.78, 5) is 25.1. The maximum Gasteiger partial charge on any atom is 0.287 e. The van der Waals surface area contributed by atoms with Crippen molar-refractivity contribution < 1.29 is 33.4 Å². The van der Waals surface area contributed by atoms with E-state index in [-0.39, 0.29) is 23.6 Å². The van der Waals surface area contributed by atoms with Crippen molar-refractivity contribution in [2.24, 2.45) is 0 Å². The number of fused-ring (bicyclic) bond motifs is 6. The second-order valence-corrected chi connectivity index (χ2v) is 8.36. The van der Waals surface area contributed by atoms with Gasteiger partial charge in [0.25, 0.3) is 5.69 Å². The van der Waals surface area contributed by atoms with E-state index in [1.54, 1.807) is 18.2 Å². The van der Waals surface area contributed by atoms with Crippen molar-refractivity contribution in [1.82, 2.24) is 0 Å². The summed E-state index contributed by atoms with van der Waals surface area (Å²) in [6, 6.07) is 4.61. The summed E-state index contributed by atoms with van der Waals surface area (Å²) in [5.41, 5.74) is -0.00420. The Balaban J connectivity index is 1.70. The average molecular weight is 439 g/mol. The SMILES string of the molecule is COc1cc2c(cc1OC)C1C(=O)c3c([N+](=O)[O-])cc4c(c3OC1CO2)C=CC(C)(C)O4. The highest BCUT2D eigenvalue weighted by Crippen LogP contribution is 2.52. The Morgan fingerprint density at radius 2 is 1.84 bits per heavy atom. The number of Topliss-reactive ketones (excluding diaryl/α,β-unsaturated/α-hetero) is 1. The van der Waals surface area contributed by atoms with Crippen molar-refractivity contribution in [3.05, 3.63) is 51.1 Å². The summed E-state index contributed by atoms with van der Waals surface area (Å²) in [6.07, 6.45) is 2.95. The van der Waals surface area contributed by atoms with Crippen molar-refractivity contribution in [2.45, 2.75) is 31.5 Å². The molecule has 0 amide bonds. The monoisotopic (exact) mass is 439 g/mol. The molecule has 166 valence electrons. The Kier molecular flexibility index (Phi) is 4.34. The Morgan fingerprint density at radius 1 is 1.12 bits per heavy atom. The van der Waals surface area contributed by atoms with Crippen LogP contribution in [0, 0.1) is 10.1 Å². The number of rotatable bonds is 3. The van der Waals surface area contributed by atoms with Gasteiger partial charge in [-0.25, -0.2) is 0 Å². The molecular formula is C23H21NO8. The number of hydrogen-bond donors (Lipinski definition) is 0. The quantitative estimate of drug-likeness (QED) is 0.523. The molecule has 2 aromatic carbocycles. The van der Waals surface area contributed by atoms with E-state index < -0.39 is 28.3 Å². The lowest BCUT2D eigenvalue weighted by Gasteiger charge is -2.38. The van der Waals surface area contributed by atoms with E-state index >= 15 is 0 Å². The molecule has 0 bridgehead atoms. The Labute approximate surface area is 183 Å². The van der Waals surface area contributed by atoms with Gasteiger partial charge in [0.15, 0.2) is 17.3 Å². The van der Waals surface area contributed by atoms with Gasteiger partial charge in [0.2, 0.25) is 0 Å². The van der Waals surface area contributed by atoms with Crippen LogP contribution in [0.3, 0.4) is 0 Å². The number of hydrogen-bond acceptors (Lipinski definition) is 8. The Hall–Kier alpha value is -3.75. The lowest BCUT2D eigenvalue weighted by atomic mass is 9.80. The number of nitrogens with zero attached hydrogens (tertiary/aromatic N) is 1. The van der Waals surface area contributed by atoms with E-state index in [0.29, 0.717) is 34.1 Å². The predicted molar refractivity (Wildman–Crippen MR) is 113 cm³/mol. The van der Waals surface area contributed by atoms with Crippen LogP contribution in [0.5, 0.6) is 28.7 Å². The zero-order valence-corrected chi connectivity index (χ0v) is 18.0. The van der Waals surface area contributed by atoms with E-state index in [4.69, 9.17) is 23.7 Å². The minimum atomic E-state index is -0.785. The Bertz CT molecular complexity index is 1200. The number of ether oxygens (including phenoxy) is 5. The van der Waals surface area contributed by atoms with Crippen LogP contribution in [0.4, 0.5) is 5.69 Å². The van der Waals surface area contributed by atoms with Crippen LogP contribution in [-0.4, -0.2) is 43.2 Å². The second kappa shape index (κ2) is 6.88. The number of ketones is 1. The molecule has 2 unspecified atom stereocenters. The van der Waals surface area contributed by atoms with Gasteiger partial charge in [-0.1, -0.05) is 0 Å². The summed E-state index contributed by atoms with van der Waals surface area (Å²) in [7, 11) is 3.00. The second-order valence-electron chi connectivity index (χ2n) is 8.36. The summed E-state index contributed by atoms with van der Waals surface area (Å²) in [6.45, 7) is 3.78. The van der Waals surface area contributed by atoms with Crippen molar-refractivity contribution in [2.75, 3.05) is 20.8 Å². The summed E-state index contributed by atoms with van der Waals surface area (Å²) in [5.74, 6) is 0.604. The van der Waals surface area contributed by atoms with Crippen LogP contribution < -0.4 is 23.7 Å². The van der Waals surface area contributed by atoms with Crippen LogP contribution in [0.25, 0.3) is 6.08 Å². The van der Waals surface area contributed by atoms with Gasteiger partial charge in [-0.15, -0.1) is 0 Å². The first-order valence-electron chi connectivity index (χ1n) is 10.1. The lowest BCUT2D eigenvalue weighted by molar-refractivity contribution is -0.385. The third-order valence-corrected chi connectivity index (χ3v) is 5.91. The minimum Gasteiger partial charge on any atom is -0.493 e. The predicted octanol–water partition coefficient (Wildman–Crippen LogP) is 3.92. The molecule has 9 heteroatoms. The zero-order chi connectivity index (χ0) is 22.8. The molecule has 0 saturated heterocycles. The van der Waals surface area contributed by atoms with Crippen LogP contribution in [0.15, 0.2) is 24.3 Å². The molecule has 0 radical (unpaired) electrons. The number of carbonyl (C=O) groups excluding carboxylic acids is 1. The molecule has 2 atom stereocenters. The first kappa shape index (κ1) is 20.2. The zero-order valence-electron chi connectivity index (χ0n) is 18.0. The summed E-state index contributed by atoms with van der Waals surface area (Å²) < 4.78 is 28.7. The van der Waals surface area contributed by atoms with Gasteiger partial charge in [-0.05, 0) is 32.1 Å². The van der Waals surface area contributed by atoms with E-state index in [2.05, 4.69) is 0 Å². The molecule has 2 aromatic rings. The maximum atomic E-state index is 13.7. The van der Waals surface area contributed by atoms with Gasteiger partial charge in [0.05, 0.1) is 36.7 Å². The highest BCUT2D eigenvalue weighted by atomic mass is 16.6. The van der Waals surface area contributed by atoms with Crippen LogP contribution in [0.2, 0.25) is 0 Å². The molecule has 0 spiro atoms. The molecule has 0 aliphatic carbocycles. The normalized spacial score (nSPS) is 21.6. The topological polar surface area (TPSA) is 106 Å². The van der Waals surface area contributed by atoms with Gasteiger partial charge >= 0.3 is 0 Å². The van der Waals surface area contributed by atoms with Crippen LogP contribution in [-0.2, 0) is 0 Å². The number of benzene rings is 2. The molecule has 0 N–H and O–H groups in total. The molecule has 3 aliphatic heterocycles. The molecule has 0 aromatic heterocycles. The van der Waals surface area contributed by atoms with Crippen molar-refractivity contribution in [3.8, 4) is 28.7 Å². The van der Waals surface area contributed by atoms with Crippen LogP contribution >= 0.6 is 0 Å². The number of nitro groups is 1.